The molecular weight excluding hydrogens is 210 g/mol. The van der Waals surface area contributed by atoms with E-state index in [9.17, 15) is 0 Å². The zero-order valence-electron chi connectivity index (χ0n) is 11.3. The highest BCUT2D eigenvalue weighted by Crippen LogP contribution is 2.28. The SMILES string of the molecule is CNCc1cnc(N2CC(C)C(C)C2)c(C)c1. The van der Waals surface area contributed by atoms with Crippen LogP contribution >= 0.6 is 0 Å². The van der Waals surface area contributed by atoms with Crippen molar-refractivity contribution < 1.29 is 0 Å². The molecule has 2 atom stereocenters. The summed E-state index contributed by atoms with van der Waals surface area (Å²) in [4.78, 5) is 7.06. The summed E-state index contributed by atoms with van der Waals surface area (Å²) in [5.74, 6) is 2.71. The van der Waals surface area contributed by atoms with Gasteiger partial charge >= 0.3 is 0 Å². The Morgan fingerprint density at radius 2 is 2.00 bits per heavy atom. The van der Waals surface area contributed by atoms with E-state index in [1.807, 2.05) is 13.2 Å². The van der Waals surface area contributed by atoms with E-state index in [0.717, 1.165) is 31.5 Å². The second kappa shape index (κ2) is 5.05. The number of aromatic nitrogens is 1. The van der Waals surface area contributed by atoms with E-state index < -0.39 is 0 Å². The lowest BCUT2D eigenvalue weighted by atomic mass is 10.0. The summed E-state index contributed by atoms with van der Waals surface area (Å²) in [5, 5.41) is 3.16. The zero-order valence-corrected chi connectivity index (χ0v) is 11.3. The normalized spacial score (nSPS) is 24.4. The van der Waals surface area contributed by atoms with Gasteiger partial charge in [0.15, 0.2) is 0 Å². The maximum atomic E-state index is 4.63. The van der Waals surface area contributed by atoms with Gasteiger partial charge in [-0.15, -0.1) is 0 Å². The van der Waals surface area contributed by atoms with Crippen molar-refractivity contribution in [3.8, 4) is 0 Å². The third-order valence-corrected chi connectivity index (χ3v) is 3.78. The molecule has 3 nitrogen and oxygen atoms in total. The van der Waals surface area contributed by atoms with Crippen LogP contribution in [0.3, 0.4) is 0 Å². The fourth-order valence-electron chi connectivity index (χ4n) is 2.56. The van der Waals surface area contributed by atoms with Crippen molar-refractivity contribution >= 4 is 5.82 Å². The minimum absolute atomic E-state index is 0.771. The molecule has 1 N–H and O–H groups in total. The Kier molecular flexibility index (Phi) is 3.67. The molecule has 0 bridgehead atoms. The van der Waals surface area contributed by atoms with Crippen LogP contribution in [0, 0.1) is 18.8 Å². The van der Waals surface area contributed by atoms with Crippen LogP contribution in [0.4, 0.5) is 5.82 Å². The summed E-state index contributed by atoms with van der Waals surface area (Å²) in [6.45, 7) is 9.99. The Morgan fingerprint density at radius 3 is 2.53 bits per heavy atom. The molecule has 0 spiro atoms. The van der Waals surface area contributed by atoms with E-state index >= 15 is 0 Å². The Labute approximate surface area is 104 Å². The quantitative estimate of drug-likeness (QED) is 0.867. The standard InChI is InChI=1S/C14H23N3/c1-10-5-13(6-15-4)7-16-14(10)17-8-11(2)12(3)9-17/h5,7,11-12,15H,6,8-9H2,1-4H3. The van der Waals surface area contributed by atoms with Crippen LogP contribution in [0.25, 0.3) is 0 Å². The number of nitrogens with one attached hydrogen (secondary N) is 1. The Balaban J connectivity index is 2.17. The third-order valence-electron chi connectivity index (χ3n) is 3.78. The molecule has 0 amide bonds. The smallest absolute Gasteiger partial charge is 0.131 e. The van der Waals surface area contributed by atoms with Gasteiger partial charge in [0, 0.05) is 25.8 Å². The molecular formula is C14H23N3. The first kappa shape index (κ1) is 12.4. The molecule has 1 aromatic heterocycles. The molecule has 0 aromatic carbocycles. The summed E-state index contributed by atoms with van der Waals surface area (Å²) < 4.78 is 0. The molecule has 1 saturated heterocycles. The van der Waals surface area contributed by atoms with Crippen molar-refractivity contribution in [3.63, 3.8) is 0 Å². The van der Waals surface area contributed by atoms with Gasteiger partial charge in [-0.05, 0) is 43.0 Å². The highest BCUT2D eigenvalue weighted by Gasteiger charge is 2.27. The van der Waals surface area contributed by atoms with Gasteiger partial charge in [-0.2, -0.15) is 0 Å². The molecule has 3 heteroatoms. The van der Waals surface area contributed by atoms with Crippen molar-refractivity contribution in [3.05, 3.63) is 23.4 Å². The van der Waals surface area contributed by atoms with E-state index in [-0.39, 0.29) is 0 Å². The molecule has 1 aliphatic rings. The van der Waals surface area contributed by atoms with E-state index in [1.165, 1.54) is 16.9 Å². The molecule has 2 rings (SSSR count). The van der Waals surface area contributed by atoms with Crippen molar-refractivity contribution in [2.24, 2.45) is 11.8 Å². The molecule has 1 aliphatic heterocycles. The zero-order chi connectivity index (χ0) is 12.4. The summed E-state index contributed by atoms with van der Waals surface area (Å²) in [5.41, 5.74) is 2.55. The minimum atomic E-state index is 0.771. The number of pyridine rings is 1. The van der Waals surface area contributed by atoms with E-state index in [0.29, 0.717) is 0 Å². The van der Waals surface area contributed by atoms with E-state index in [2.05, 4.69) is 42.0 Å². The maximum Gasteiger partial charge on any atom is 0.131 e. The van der Waals surface area contributed by atoms with Crippen LogP contribution in [-0.4, -0.2) is 25.1 Å². The van der Waals surface area contributed by atoms with Crippen LogP contribution in [0.2, 0.25) is 0 Å². The van der Waals surface area contributed by atoms with Crippen LogP contribution in [-0.2, 0) is 6.54 Å². The number of hydrogen-bond donors (Lipinski definition) is 1. The second-order valence-electron chi connectivity index (χ2n) is 5.37. The molecule has 1 fully saturated rings. The largest absolute Gasteiger partial charge is 0.356 e. The molecule has 2 heterocycles. The average molecular weight is 233 g/mol. The minimum Gasteiger partial charge on any atom is -0.356 e. The fourth-order valence-corrected chi connectivity index (χ4v) is 2.56. The van der Waals surface area contributed by atoms with Crippen molar-refractivity contribution in [2.75, 3.05) is 25.0 Å². The van der Waals surface area contributed by atoms with Gasteiger partial charge in [0.2, 0.25) is 0 Å². The van der Waals surface area contributed by atoms with Crippen LogP contribution in [0.15, 0.2) is 12.3 Å². The molecule has 0 radical (unpaired) electrons. The Morgan fingerprint density at radius 1 is 1.35 bits per heavy atom. The Bertz CT molecular complexity index is 379. The van der Waals surface area contributed by atoms with Crippen molar-refractivity contribution in [1.82, 2.24) is 10.3 Å². The van der Waals surface area contributed by atoms with Gasteiger partial charge in [-0.1, -0.05) is 13.8 Å². The van der Waals surface area contributed by atoms with Crippen molar-refractivity contribution in [2.45, 2.75) is 27.3 Å². The summed E-state index contributed by atoms with van der Waals surface area (Å²) in [6, 6.07) is 2.24. The lowest BCUT2D eigenvalue weighted by molar-refractivity contribution is 0.494. The lowest BCUT2D eigenvalue weighted by Crippen LogP contribution is -2.22. The van der Waals surface area contributed by atoms with Gasteiger partial charge in [-0.25, -0.2) is 4.98 Å². The van der Waals surface area contributed by atoms with E-state index in [4.69, 9.17) is 0 Å². The van der Waals surface area contributed by atoms with Gasteiger partial charge in [0.1, 0.15) is 5.82 Å². The number of rotatable bonds is 3. The molecule has 17 heavy (non-hydrogen) atoms. The number of anilines is 1. The predicted octanol–water partition coefficient (Wildman–Crippen LogP) is 2.20. The number of nitrogens with zero attached hydrogens (tertiary/aromatic N) is 2. The molecule has 1 aromatic rings. The van der Waals surface area contributed by atoms with Crippen LogP contribution in [0.1, 0.15) is 25.0 Å². The fraction of sp³-hybridized carbons (Fsp3) is 0.643. The first-order chi connectivity index (χ1) is 8.11. The summed E-state index contributed by atoms with van der Waals surface area (Å²) in [6.07, 6.45) is 1.99. The monoisotopic (exact) mass is 233 g/mol. The van der Waals surface area contributed by atoms with Gasteiger partial charge in [0.25, 0.3) is 0 Å². The van der Waals surface area contributed by atoms with Gasteiger partial charge < -0.3 is 10.2 Å². The van der Waals surface area contributed by atoms with Crippen molar-refractivity contribution in [1.29, 1.82) is 0 Å². The summed E-state index contributed by atoms with van der Waals surface area (Å²) >= 11 is 0. The number of hydrogen-bond acceptors (Lipinski definition) is 3. The molecule has 94 valence electrons. The van der Waals surface area contributed by atoms with Crippen LogP contribution < -0.4 is 10.2 Å². The maximum absolute atomic E-state index is 4.63. The van der Waals surface area contributed by atoms with Gasteiger partial charge in [0.05, 0.1) is 0 Å². The predicted molar refractivity (Wildman–Crippen MR) is 72.3 cm³/mol. The highest BCUT2D eigenvalue weighted by molar-refractivity contribution is 5.48. The second-order valence-corrected chi connectivity index (χ2v) is 5.37. The average Bonchev–Trinajstić information content (AvgIpc) is 2.59. The highest BCUT2D eigenvalue weighted by atomic mass is 15.2. The topological polar surface area (TPSA) is 28.2 Å². The number of aryl methyl sites for hydroxylation is 1. The first-order valence-corrected chi connectivity index (χ1v) is 6.47. The Hall–Kier alpha value is -1.09. The lowest BCUT2D eigenvalue weighted by Gasteiger charge is -2.19. The molecule has 2 unspecified atom stereocenters. The molecule has 0 aliphatic carbocycles. The summed E-state index contributed by atoms with van der Waals surface area (Å²) in [7, 11) is 1.97. The van der Waals surface area contributed by atoms with Crippen LogP contribution in [0.5, 0.6) is 0 Å². The first-order valence-electron chi connectivity index (χ1n) is 6.47. The third kappa shape index (κ3) is 2.60. The van der Waals surface area contributed by atoms with Gasteiger partial charge in [-0.3, -0.25) is 0 Å². The van der Waals surface area contributed by atoms with E-state index in [1.54, 1.807) is 0 Å². The molecule has 0 saturated carbocycles.